The standard InChI is InChI=1S/C14H24N2O3S/c1-3-4-8-19-9-7-16-20(17,18)14-6-5-13(11-15)12(2)10-14/h5-6,10,16H,3-4,7-9,11,15H2,1-2H3. The van der Waals surface area contributed by atoms with Gasteiger partial charge in [-0.3, -0.25) is 0 Å². The summed E-state index contributed by atoms with van der Waals surface area (Å²) in [6.45, 7) is 5.69. The molecule has 0 aliphatic rings. The second kappa shape index (κ2) is 8.36. The predicted molar refractivity (Wildman–Crippen MR) is 80.0 cm³/mol. The minimum atomic E-state index is -3.47. The van der Waals surface area contributed by atoms with Gasteiger partial charge in [-0.2, -0.15) is 0 Å². The number of ether oxygens (including phenoxy) is 1. The first-order chi connectivity index (χ1) is 9.51. The maximum atomic E-state index is 12.1. The molecule has 0 fully saturated rings. The number of aryl methyl sites for hydroxylation is 1. The first-order valence-electron chi connectivity index (χ1n) is 6.88. The van der Waals surface area contributed by atoms with Crippen LogP contribution in [0.4, 0.5) is 0 Å². The molecular weight excluding hydrogens is 276 g/mol. The smallest absolute Gasteiger partial charge is 0.240 e. The molecule has 0 saturated heterocycles. The predicted octanol–water partition coefficient (Wildman–Crippen LogP) is 1.55. The summed E-state index contributed by atoms with van der Waals surface area (Å²) in [7, 11) is -3.47. The molecule has 114 valence electrons. The highest BCUT2D eigenvalue weighted by Crippen LogP contribution is 2.14. The van der Waals surface area contributed by atoms with Gasteiger partial charge in [0.1, 0.15) is 0 Å². The third-order valence-electron chi connectivity index (χ3n) is 3.02. The van der Waals surface area contributed by atoms with Crippen molar-refractivity contribution >= 4 is 10.0 Å². The summed E-state index contributed by atoms with van der Waals surface area (Å²) >= 11 is 0. The largest absolute Gasteiger partial charge is 0.380 e. The van der Waals surface area contributed by atoms with Gasteiger partial charge in [-0.1, -0.05) is 19.4 Å². The first kappa shape index (κ1) is 17.1. The Morgan fingerprint density at radius 1 is 1.30 bits per heavy atom. The number of unbranched alkanes of at least 4 members (excludes halogenated alkanes) is 1. The number of nitrogens with two attached hydrogens (primary N) is 1. The lowest BCUT2D eigenvalue weighted by Gasteiger charge is -2.09. The van der Waals surface area contributed by atoms with Gasteiger partial charge in [-0.05, 0) is 36.6 Å². The van der Waals surface area contributed by atoms with Crippen LogP contribution < -0.4 is 10.5 Å². The van der Waals surface area contributed by atoms with Gasteiger partial charge in [0.05, 0.1) is 11.5 Å². The zero-order valence-corrected chi connectivity index (χ0v) is 13.0. The van der Waals surface area contributed by atoms with Gasteiger partial charge in [0.25, 0.3) is 0 Å². The molecule has 0 heterocycles. The van der Waals surface area contributed by atoms with E-state index >= 15 is 0 Å². The highest BCUT2D eigenvalue weighted by Gasteiger charge is 2.14. The monoisotopic (exact) mass is 300 g/mol. The van der Waals surface area contributed by atoms with E-state index in [1.54, 1.807) is 18.2 Å². The summed E-state index contributed by atoms with van der Waals surface area (Å²) in [6, 6.07) is 4.97. The molecule has 0 aliphatic carbocycles. The molecule has 0 atom stereocenters. The van der Waals surface area contributed by atoms with Crippen molar-refractivity contribution in [3.05, 3.63) is 29.3 Å². The maximum absolute atomic E-state index is 12.1. The minimum absolute atomic E-state index is 0.265. The van der Waals surface area contributed by atoms with Crippen molar-refractivity contribution in [3.63, 3.8) is 0 Å². The lowest BCUT2D eigenvalue weighted by Crippen LogP contribution is -2.27. The summed E-state index contributed by atoms with van der Waals surface area (Å²) in [5.41, 5.74) is 7.40. The van der Waals surface area contributed by atoms with E-state index in [-0.39, 0.29) is 11.4 Å². The summed E-state index contributed by atoms with van der Waals surface area (Å²) < 4.78 is 32.0. The fourth-order valence-electron chi connectivity index (χ4n) is 1.74. The van der Waals surface area contributed by atoms with E-state index in [9.17, 15) is 8.42 Å². The normalized spacial score (nSPS) is 11.8. The number of benzene rings is 1. The van der Waals surface area contributed by atoms with Crippen LogP contribution in [0, 0.1) is 6.92 Å². The van der Waals surface area contributed by atoms with E-state index < -0.39 is 10.0 Å². The SMILES string of the molecule is CCCCOCCNS(=O)(=O)c1ccc(CN)c(C)c1. The van der Waals surface area contributed by atoms with Crippen molar-refractivity contribution in [3.8, 4) is 0 Å². The van der Waals surface area contributed by atoms with Gasteiger partial charge in [0.15, 0.2) is 0 Å². The second-order valence-corrected chi connectivity index (χ2v) is 6.42. The van der Waals surface area contributed by atoms with Crippen LogP contribution in [0.3, 0.4) is 0 Å². The Labute approximate surface area is 121 Å². The summed E-state index contributed by atoms with van der Waals surface area (Å²) in [6.07, 6.45) is 2.06. The Balaban J connectivity index is 2.54. The van der Waals surface area contributed by atoms with Crippen molar-refractivity contribution < 1.29 is 13.2 Å². The van der Waals surface area contributed by atoms with Crippen LogP contribution in [0.15, 0.2) is 23.1 Å². The van der Waals surface area contributed by atoms with Crippen molar-refractivity contribution in [2.45, 2.75) is 38.1 Å². The van der Waals surface area contributed by atoms with Crippen LogP contribution >= 0.6 is 0 Å². The van der Waals surface area contributed by atoms with E-state index in [1.165, 1.54) is 0 Å². The fourth-order valence-corrected chi connectivity index (χ4v) is 2.84. The zero-order valence-electron chi connectivity index (χ0n) is 12.2. The molecule has 20 heavy (non-hydrogen) atoms. The zero-order chi connectivity index (χ0) is 15.0. The molecule has 0 unspecified atom stereocenters. The average Bonchev–Trinajstić information content (AvgIpc) is 2.42. The molecule has 0 spiro atoms. The van der Waals surface area contributed by atoms with E-state index in [0.717, 1.165) is 24.0 Å². The van der Waals surface area contributed by atoms with Gasteiger partial charge in [0.2, 0.25) is 10.0 Å². The van der Waals surface area contributed by atoms with E-state index in [0.29, 0.717) is 19.8 Å². The van der Waals surface area contributed by atoms with Gasteiger partial charge in [0, 0.05) is 19.7 Å². The quantitative estimate of drug-likeness (QED) is 0.678. The maximum Gasteiger partial charge on any atom is 0.240 e. The second-order valence-electron chi connectivity index (χ2n) is 4.66. The van der Waals surface area contributed by atoms with Crippen molar-refractivity contribution in [2.75, 3.05) is 19.8 Å². The Bertz CT molecular complexity index is 515. The summed E-state index contributed by atoms with van der Waals surface area (Å²) in [5, 5.41) is 0. The average molecular weight is 300 g/mol. The molecule has 0 aliphatic heterocycles. The molecule has 1 aromatic carbocycles. The topological polar surface area (TPSA) is 81.4 Å². The van der Waals surface area contributed by atoms with Gasteiger partial charge >= 0.3 is 0 Å². The number of sulfonamides is 1. The van der Waals surface area contributed by atoms with Gasteiger partial charge in [-0.25, -0.2) is 13.1 Å². The number of nitrogens with one attached hydrogen (secondary N) is 1. The number of hydrogen-bond donors (Lipinski definition) is 2. The molecule has 6 heteroatoms. The Morgan fingerprint density at radius 3 is 2.65 bits per heavy atom. The number of hydrogen-bond acceptors (Lipinski definition) is 4. The lowest BCUT2D eigenvalue weighted by molar-refractivity contribution is 0.136. The van der Waals surface area contributed by atoms with Gasteiger partial charge < -0.3 is 10.5 Å². The lowest BCUT2D eigenvalue weighted by atomic mass is 10.1. The molecule has 5 nitrogen and oxygen atoms in total. The van der Waals surface area contributed by atoms with Crippen molar-refractivity contribution in [1.82, 2.24) is 4.72 Å². The number of rotatable bonds is 9. The third kappa shape index (κ3) is 5.20. The molecule has 0 amide bonds. The summed E-state index contributed by atoms with van der Waals surface area (Å²) in [5.74, 6) is 0. The molecule has 0 aromatic heterocycles. The molecule has 3 N–H and O–H groups in total. The van der Waals surface area contributed by atoms with Crippen molar-refractivity contribution in [1.29, 1.82) is 0 Å². The first-order valence-corrected chi connectivity index (χ1v) is 8.36. The van der Waals surface area contributed by atoms with Crippen LogP contribution in [-0.4, -0.2) is 28.2 Å². The molecule has 0 radical (unpaired) electrons. The highest BCUT2D eigenvalue weighted by atomic mass is 32.2. The van der Waals surface area contributed by atoms with E-state index in [4.69, 9.17) is 10.5 Å². The van der Waals surface area contributed by atoms with E-state index in [1.807, 2.05) is 6.92 Å². The third-order valence-corrected chi connectivity index (χ3v) is 4.48. The van der Waals surface area contributed by atoms with Crippen LogP contribution in [0.5, 0.6) is 0 Å². The Hall–Kier alpha value is -0.950. The fraction of sp³-hybridized carbons (Fsp3) is 0.571. The van der Waals surface area contributed by atoms with Crippen LogP contribution in [0.1, 0.15) is 30.9 Å². The Morgan fingerprint density at radius 2 is 2.05 bits per heavy atom. The van der Waals surface area contributed by atoms with Crippen LogP contribution in [-0.2, 0) is 21.3 Å². The summed E-state index contributed by atoms with van der Waals surface area (Å²) in [4.78, 5) is 0.265. The minimum Gasteiger partial charge on any atom is -0.380 e. The molecule has 0 saturated carbocycles. The van der Waals surface area contributed by atoms with E-state index in [2.05, 4.69) is 11.6 Å². The van der Waals surface area contributed by atoms with Crippen molar-refractivity contribution in [2.24, 2.45) is 5.73 Å². The molecule has 0 bridgehead atoms. The van der Waals surface area contributed by atoms with Crippen LogP contribution in [0.2, 0.25) is 0 Å². The molecule has 1 aromatic rings. The molecule has 1 rings (SSSR count). The molecular formula is C14H24N2O3S. The van der Waals surface area contributed by atoms with Gasteiger partial charge in [-0.15, -0.1) is 0 Å². The highest BCUT2D eigenvalue weighted by molar-refractivity contribution is 7.89. The van der Waals surface area contributed by atoms with Crippen LogP contribution in [0.25, 0.3) is 0 Å². The Kier molecular flexibility index (Phi) is 7.15.